The van der Waals surface area contributed by atoms with Crippen molar-refractivity contribution in [3.8, 4) is 5.75 Å². The Morgan fingerprint density at radius 2 is 1.91 bits per heavy atom. The number of carbonyl (C=O) groups is 1. The van der Waals surface area contributed by atoms with E-state index in [-0.39, 0.29) is 22.7 Å². The van der Waals surface area contributed by atoms with Gasteiger partial charge in [0.05, 0.1) is 0 Å². The third-order valence-electron chi connectivity index (χ3n) is 2.52. The van der Waals surface area contributed by atoms with Crippen molar-refractivity contribution in [1.29, 1.82) is 0 Å². The molecule has 1 amide bonds. The van der Waals surface area contributed by atoms with Crippen molar-refractivity contribution in [2.45, 2.75) is 23.8 Å². The van der Waals surface area contributed by atoms with Gasteiger partial charge in [-0.3, -0.25) is 4.79 Å². The van der Waals surface area contributed by atoms with Gasteiger partial charge in [-0.1, -0.05) is 54.7 Å². The summed E-state index contributed by atoms with van der Waals surface area (Å²) in [5.74, 6) is -0.480. The summed E-state index contributed by atoms with van der Waals surface area (Å²) in [4.78, 5) is 11.8. The molecule has 9 heteroatoms. The lowest BCUT2D eigenvalue weighted by molar-refractivity contribution is -0.124. The van der Waals surface area contributed by atoms with E-state index in [0.717, 1.165) is 0 Å². The molecule has 1 aromatic rings. The van der Waals surface area contributed by atoms with Crippen LogP contribution in [0.3, 0.4) is 0 Å². The van der Waals surface area contributed by atoms with E-state index in [9.17, 15) is 9.90 Å². The van der Waals surface area contributed by atoms with Gasteiger partial charge in [0.2, 0.25) is 9.70 Å². The van der Waals surface area contributed by atoms with E-state index in [1.165, 1.54) is 12.1 Å². The summed E-state index contributed by atoms with van der Waals surface area (Å²) >= 11 is 22.7. The maximum atomic E-state index is 11.8. The number of nitrogens with one attached hydrogen (secondary N) is 3. The van der Waals surface area contributed by atoms with E-state index >= 15 is 0 Å². The smallest absolute Gasteiger partial charge is 0.228 e. The highest BCUT2D eigenvalue weighted by Crippen LogP contribution is 2.29. The normalized spacial score (nSPS) is 12.6. The van der Waals surface area contributed by atoms with Gasteiger partial charge in [0.1, 0.15) is 11.9 Å². The molecular formula is C13H16Cl3N3O2S. The van der Waals surface area contributed by atoms with Gasteiger partial charge in [0, 0.05) is 17.7 Å². The Morgan fingerprint density at radius 1 is 1.27 bits per heavy atom. The van der Waals surface area contributed by atoms with Gasteiger partial charge in [-0.05, 0) is 24.4 Å². The molecular weight excluding hydrogens is 369 g/mol. The van der Waals surface area contributed by atoms with Crippen LogP contribution in [0.4, 0.5) is 5.69 Å². The third kappa shape index (κ3) is 6.44. The van der Waals surface area contributed by atoms with E-state index in [2.05, 4.69) is 16.0 Å². The number of aromatic hydroxyl groups is 1. The molecule has 1 atom stereocenters. The zero-order valence-electron chi connectivity index (χ0n) is 11.9. The number of thiocarbonyl (C=S) groups is 1. The molecule has 0 spiro atoms. The lowest BCUT2D eigenvalue weighted by Crippen LogP contribution is -2.56. The van der Waals surface area contributed by atoms with E-state index < -0.39 is 9.96 Å². The molecule has 0 radical (unpaired) electrons. The van der Waals surface area contributed by atoms with Crippen molar-refractivity contribution in [3.63, 3.8) is 0 Å². The molecule has 0 aliphatic rings. The molecule has 0 aliphatic heterocycles. The first-order valence-electron chi connectivity index (χ1n) is 6.33. The van der Waals surface area contributed by atoms with Crippen molar-refractivity contribution in [3.05, 3.63) is 24.3 Å². The second-order valence-corrected chi connectivity index (χ2v) is 7.56. The molecule has 0 fully saturated rings. The zero-order valence-corrected chi connectivity index (χ0v) is 14.9. The van der Waals surface area contributed by atoms with Gasteiger partial charge in [0.15, 0.2) is 5.11 Å². The molecule has 4 N–H and O–H groups in total. The summed E-state index contributed by atoms with van der Waals surface area (Å²) in [7, 11) is 0. The van der Waals surface area contributed by atoms with Crippen molar-refractivity contribution in [1.82, 2.24) is 10.6 Å². The summed E-state index contributed by atoms with van der Waals surface area (Å²) in [5, 5.41) is 17.6. The molecule has 0 saturated carbocycles. The average molecular weight is 385 g/mol. The van der Waals surface area contributed by atoms with Crippen LogP contribution >= 0.6 is 47.0 Å². The Bertz CT molecular complexity index is 550. The van der Waals surface area contributed by atoms with Crippen molar-refractivity contribution in [2.75, 3.05) is 5.32 Å². The second-order valence-electron chi connectivity index (χ2n) is 4.79. The van der Waals surface area contributed by atoms with Gasteiger partial charge in [-0.25, -0.2) is 0 Å². The first-order valence-corrected chi connectivity index (χ1v) is 7.87. The molecule has 0 unspecified atom stereocenters. The summed E-state index contributed by atoms with van der Waals surface area (Å²) < 4.78 is -1.80. The van der Waals surface area contributed by atoms with E-state index in [1.807, 2.05) is 0 Å². The fourth-order valence-corrected chi connectivity index (χ4v) is 1.95. The molecule has 22 heavy (non-hydrogen) atoms. The highest BCUT2D eigenvalue weighted by Gasteiger charge is 2.35. The second kappa shape index (κ2) is 8.06. The zero-order chi connectivity index (χ0) is 16.9. The lowest BCUT2D eigenvalue weighted by Gasteiger charge is -2.28. The van der Waals surface area contributed by atoms with Crippen LogP contribution in [0.15, 0.2) is 24.3 Å². The van der Waals surface area contributed by atoms with Crippen LogP contribution in [0.5, 0.6) is 5.75 Å². The van der Waals surface area contributed by atoms with Crippen LogP contribution < -0.4 is 16.0 Å². The quantitative estimate of drug-likeness (QED) is 0.365. The van der Waals surface area contributed by atoms with E-state index in [0.29, 0.717) is 5.69 Å². The molecule has 0 bridgehead atoms. The minimum Gasteiger partial charge on any atom is -0.508 e. The topological polar surface area (TPSA) is 73.4 Å². The summed E-state index contributed by atoms with van der Waals surface area (Å²) in [5.41, 5.74) is 0.552. The van der Waals surface area contributed by atoms with Crippen molar-refractivity contribution >= 4 is 63.7 Å². The number of rotatable bonds is 4. The van der Waals surface area contributed by atoms with Crippen molar-refractivity contribution in [2.24, 2.45) is 5.92 Å². The molecule has 0 aliphatic carbocycles. The summed E-state index contributed by atoms with van der Waals surface area (Å²) in [6.45, 7) is 3.43. The monoisotopic (exact) mass is 383 g/mol. The number of hydrogen-bond acceptors (Lipinski definition) is 3. The van der Waals surface area contributed by atoms with Crippen LogP contribution in [-0.4, -0.2) is 26.1 Å². The lowest BCUT2D eigenvalue weighted by atomic mass is 10.2. The predicted octanol–water partition coefficient (Wildman–Crippen LogP) is 3.15. The summed E-state index contributed by atoms with van der Waals surface area (Å²) in [6.07, 6.45) is -1.01. The van der Waals surface area contributed by atoms with Crippen LogP contribution in [0.2, 0.25) is 0 Å². The SMILES string of the molecule is CC(C)C(=O)N[C@@H](NC(=S)Nc1cccc(O)c1)C(Cl)(Cl)Cl. The molecule has 5 nitrogen and oxygen atoms in total. The minimum atomic E-state index is -1.80. The Labute approximate surface area is 149 Å². The summed E-state index contributed by atoms with van der Waals surface area (Å²) in [6, 6.07) is 6.34. The highest BCUT2D eigenvalue weighted by atomic mass is 35.6. The minimum absolute atomic E-state index is 0.0823. The van der Waals surface area contributed by atoms with Gasteiger partial charge >= 0.3 is 0 Å². The standard InChI is InChI=1S/C13H16Cl3N3O2S/c1-7(2)10(21)18-11(13(14,15)16)19-12(22)17-8-4-3-5-9(20)6-8/h3-7,11,20H,1-2H3,(H,18,21)(H2,17,19,22)/t11-/m0/s1. The third-order valence-corrected chi connectivity index (χ3v) is 3.39. The van der Waals surface area contributed by atoms with Gasteiger partial charge in [-0.2, -0.15) is 0 Å². The average Bonchev–Trinajstić information content (AvgIpc) is 2.36. The largest absolute Gasteiger partial charge is 0.508 e. The fraction of sp³-hybridized carbons (Fsp3) is 0.385. The number of anilines is 1. The Balaban J connectivity index is 2.73. The molecule has 1 aromatic carbocycles. The number of alkyl halides is 3. The van der Waals surface area contributed by atoms with Crippen LogP contribution in [0, 0.1) is 5.92 Å². The Morgan fingerprint density at radius 3 is 2.41 bits per heavy atom. The first-order chi connectivity index (χ1) is 10.1. The van der Waals surface area contributed by atoms with Crippen LogP contribution in [0.1, 0.15) is 13.8 Å². The molecule has 1 rings (SSSR count). The maximum absolute atomic E-state index is 11.8. The van der Waals surface area contributed by atoms with Gasteiger partial charge < -0.3 is 21.1 Å². The van der Waals surface area contributed by atoms with Gasteiger partial charge in [-0.15, -0.1) is 0 Å². The van der Waals surface area contributed by atoms with E-state index in [1.54, 1.807) is 26.0 Å². The number of benzene rings is 1. The number of carbonyl (C=O) groups excluding carboxylic acids is 1. The molecule has 0 aromatic heterocycles. The van der Waals surface area contributed by atoms with E-state index in [4.69, 9.17) is 47.0 Å². The van der Waals surface area contributed by atoms with Crippen LogP contribution in [-0.2, 0) is 4.79 Å². The highest BCUT2D eigenvalue weighted by molar-refractivity contribution is 7.80. The Hall–Kier alpha value is -0.950. The predicted molar refractivity (Wildman–Crippen MR) is 94.5 cm³/mol. The number of halogens is 3. The molecule has 0 heterocycles. The van der Waals surface area contributed by atoms with Crippen LogP contribution in [0.25, 0.3) is 0 Å². The number of amides is 1. The number of phenols is 1. The number of phenolic OH excluding ortho intramolecular Hbond substituents is 1. The Kier molecular flexibility index (Phi) is 6.99. The van der Waals surface area contributed by atoms with Crippen molar-refractivity contribution < 1.29 is 9.90 Å². The maximum Gasteiger partial charge on any atom is 0.228 e. The van der Waals surface area contributed by atoms with Gasteiger partial charge in [0.25, 0.3) is 0 Å². The molecule has 122 valence electrons. The fourth-order valence-electron chi connectivity index (χ4n) is 1.39. The first kappa shape index (κ1) is 19.1. The number of hydrogen-bond donors (Lipinski definition) is 4. The molecule has 0 saturated heterocycles.